The van der Waals surface area contributed by atoms with Crippen LogP contribution < -0.4 is 10.6 Å². The lowest BCUT2D eigenvalue weighted by Gasteiger charge is -2.24. The fraction of sp³-hybridized carbons (Fsp3) is 0.714. The molecule has 0 bridgehead atoms. The van der Waals surface area contributed by atoms with E-state index in [1.54, 1.807) is 6.33 Å². The molecule has 5 nitrogen and oxygen atoms in total. The lowest BCUT2D eigenvalue weighted by molar-refractivity contribution is 0.395. The smallest absolute Gasteiger partial charge is 0.137 e. The molecule has 106 valence electrons. The van der Waals surface area contributed by atoms with E-state index in [2.05, 4.69) is 40.8 Å². The van der Waals surface area contributed by atoms with Crippen molar-refractivity contribution in [2.75, 3.05) is 44.4 Å². The zero-order chi connectivity index (χ0) is 13.8. The zero-order valence-electron chi connectivity index (χ0n) is 12.3. The summed E-state index contributed by atoms with van der Waals surface area (Å²) in [6.07, 6.45) is 4.84. The van der Waals surface area contributed by atoms with Gasteiger partial charge >= 0.3 is 0 Å². The Hall–Kier alpha value is -1.36. The van der Waals surface area contributed by atoms with E-state index in [9.17, 15) is 0 Å². The van der Waals surface area contributed by atoms with Gasteiger partial charge in [-0.2, -0.15) is 0 Å². The number of hydrogen-bond acceptors (Lipinski definition) is 5. The van der Waals surface area contributed by atoms with Crippen LogP contribution >= 0.6 is 0 Å². The summed E-state index contributed by atoms with van der Waals surface area (Å²) in [6, 6.07) is 0. The van der Waals surface area contributed by atoms with Gasteiger partial charge in [0.1, 0.15) is 18.0 Å². The van der Waals surface area contributed by atoms with E-state index in [1.807, 2.05) is 0 Å². The molecule has 5 heteroatoms. The van der Waals surface area contributed by atoms with Crippen molar-refractivity contribution < 1.29 is 0 Å². The van der Waals surface area contributed by atoms with Crippen LogP contribution in [0.3, 0.4) is 0 Å². The Balaban J connectivity index is 2.09. The molecule has 1 fully saturated rings. The molecule has 1 aliphatic heterocycles. The molecule has 1 saturated heterocycles. The standard InChI is InChI=1S/C14H25N5/c1-4-5-12-13(15)16-10-17-14(12)19(3)9-11-6-7-18(2)8-11/h10-11H,4-9H2,1-3H3,(H2,15,16,17). The molecule has 1 atom stereocenters. The highest BCUT2D eigenvalue weighted by atomic mass is 15.2. The second-order valence-corrected chi connectivity index (χ2v) is 5.61. The number of nitrogens with zero attached hydrogens (tertiary/aromatic N) is 4. The van der Waals surface area contributed by atoms with Crippen molar-refractivity contribution in [1.29, 1.82) is 0 Å². The topological polar surface area (TPSA) is 58.3 Å². The van der Waals surface area contributed by atoms with Crippen LogP contribution in [0.2, 0.25) is 0 Å². The van der Waals surface area contributed by atoms with Crippen LogP contribution in [0, 0.1) is 5.92 Å². The number of anilines is 2. The van der Waals surface area contributed by atoms with E-state index in [0.29, 0.717) is 5.82 Å². The molecular weight excluding hydrogens is 238 g/mol. The summed E-state index contributed by atoms with van der Waals surface area (Å²) in [7, 11) is 4.30. The summed E-state index contributed by atoms with van der Waals surface area (Å²) >= 11 is 0. The first kappa shape index (κ1) is 14.1. The van der Waals surface area contributed by atoms with Crippen molar-refractivity contribution in [3.05, 3.63) is 11.9 Å². The summed E-state index contributed by atoms with van der Waals surface area (Å²) in [5.41, 5.74) is 7.09. The molecule has 2 rings (SSSR count). The fourth-order valence-corrected chi connectivity index (χ4v) is 2.88. The summed E-state index contributed by atoms with van der Waals surface area (Å²) in [4.78, 5) is 13.2. The molecule has 1 unspecified atom stereocenters. The first-order chi connectivity index (χ1) is 9.11. The fourth-order valence-electron chi connectivity index (χ4n) is 2.88. The van der Waals surface area contributed by atoms with Crippen molar-refractivity contribution in [3.63, 3.8) is 0 Å². The Morgan fingerprint density at radius 1 is 1.47 bits per heavy atom. The molecule has 2 heterocycles. The second-order valence-electron chi connectivity index (χ2n) is 5.61. The molecule has 0 amide bonds. The van der Waals surface area contributed by atoms with E-state index in [0.717, 1.165) is 36.7 Å². The van der Waals surface area contributed by atoms with Gasteiger partial charge < -0.3 is 15.5 Å². The molecule has 1 aromatic heterocycles. The Morgan fingerprint density at radius 3 is 2.89 bits per heavy atom. The Bertz CT molecular complexity index is 420. The van der Waals surface area contributed by atoms with Gasteiger partial charge in [0, 0.05) is 25.7 Å². The molecule has 2 N–H and O–H groups in total. The number of aromatic nitrogens is 2. The lowest BCUT2D eigenvalue weighted by Crippen LogP contribution is -2.29. The highest BCUT2D eigenvalue weighted by Crippen LogP contribution is 2.24. The molecule has 1 aliphatic rings. The number of rotatable bonds is 5. The molecule has 0 spiro atoms. The van der Waals surface area contributed by atoms with E-state index >= 15 is 0 Å². The molecule has 0 saturated carbocycles. The van der Waals surface area contributed by atoms with Crippen LogP contribution in [0.1, 0.15) is 25.3 Å². The molecule has 0 radical (unpaired) electrons. The van der Waals surface area contributed by atoms with Crippen molar-refractivity contribution in [1.82, 2.24) is 14.9 Å². The van der Waals surface area contributed by atoms with Gasteiger partial charge in [0.25, 0.3) is 0 Å². The van der Waals surface area contributed by atoms with Gasteiger partial charge in [-0.05, 0) is 32.4 Å². The molecule has 1 aromatic rings. The van der Waals surface area contributed by atoms with Crippen molar-refractivity contribution in [2.45, 2.75) is 26.2 Å². The minimum absolute atomic E-state index is 0.627. The largest absolute Gasteiger partial charge is 0.383 e. The average Bonchev–Trinajstić information content (AvgIpc) is 2.77. The maximum atomic E-state index is 5.99. The maximum Gasteiger partial charge on any atom is 0.137 e. The van der Waals surface area contributed by atoms with Gasteiger partial charge in [-0.3, -0.25) is 0 Å². The van der Waals surface area contributed by atoms with Gasteiger partial charge in [-0.1, -0.05) is 13.3 Å². The monoisotopic (exact) mass is 263 g/mol. The normalized spacial score (nSPS) is 19.8. The number of likely N-dealkylation sites (tertiary alicyclic amines) is 1. The van der Waals surface area contributed by atoms with Crippen LogP contribution in [0.4, 0.5) is 11.6 Å². The molecule has 0 aromatic carbocycles. The average molecular weight is 263 g/mol. The Morgan fingerprint density at radius 2 is 2.26 bits per heavy atom. The Labute approximate surface area is 115 Å². The molecular formula is C14H25N5. The van der Waals surface area contributed by atoms with E-state index in [4.69, 9.17) is 5.73 Å². The van der Waals surface area contributed by atoms with Gasteiger partial charge in [0.2, 0.25) is 0 Å². The Kier molecular flexibility index (Phi) is 4.58. The van der Waals surface area contributed by atoms with Gasteiger partial charge in [-0.15, -0.1) is 0 Å². The van der Waals surface area contributed by atoms with Crippen LogP contribution in [0.5, 0.6) is 0 Å². The lowest BCUT2D eigenvalue weighted by atomic mass is 10.1. The first-order valence-corrected chi connectivity index (χ1v) is 7.10. The molecule has 19 heavy (non-hydrogen) atoms. The summed E-state index contributed by atoms with van der Waals surface area (Å²) in [5, 5.41) is 0. The van der Waals surface area contributed by atoms with Crippen molar-refractivity contribution in [3.8, 4) is 0 Å². The minimum Gasteiger partial charge on any atom is -0.383 e. The highest BCUT2D eigenvalue weighted by Gasteiger charge is 2.22. The highest BCUT2D eigenvalue weighted by molar-refractivity contribution is 5.56. The van der Waals surface area contributed by atoms with Gasteiger partial charge in [0.05, 0.1) is 0 Å². The predicted molar refractivity (Wildman–Crippen MR) is 79.3 cm³/mol. The van der Waals surface area contributed by atoms with E-state index in [1.165, 1.54) is 19.5 Å². The maximum absolute atomic E-state index is 5.99. The van der Waals surface area contributed by atoms with Crippen LogP contribution in [-0.4, -0.2) is 48.6 Å². The predicted octanol–water partition coefficient (Wildman–Crippen LogP) is 1.40. The third-order valence-corrected chi connectivity index (χ3v) is 3.84. The van der Waals surface area contributed by atoms with Gasteiger partial charge in [0.15, 0.2) is 0 Å². The van der Waals surface area contributed by atoms with Gasteiger partial charge in [-0.25, -0.2) is 9.97 Å². The van der Waals surface area contributed by atoms with E-state index < -0.39 is 0 Å². The number of nitrogens with two attached hydrogens (primary N) is 1. The number of nitrogen functional groups attached to an aromatic ring is 1. The summed E-state index contributed by atoms with van der Waals surface area (Å²) in [5.74, 6) is 2.35. The van der Waals surface area contributed by atoms with Crippen LogP contribution in [-0.2, 0) is 6.42 Å². The summed E-state index contributed by atoms with van der Waals surface area (Å²) < 4.78 is 0. The number of hydrogen-bond donors (Lipinski definition) is 1. The van der Waals surface area contributed by atoms with Crippen molar-refractivity contribution in [2.24, 2.45) is 5.92 Å². The van der Waals surface area contributed by atoms with Crippen LogP contribution in [0.25, 0.3) is 0 Å². The minimum atomic E-state index is 0.627. The van der Waals surface area contributed by atoms with E-state index in [-0.39, 0.29) is 0 Å². The first-order valence-electron chi connectivity index (χ1n) is 7.10. The molecule has 0 aliphatic carbocycles. The third-order valence-electron chi connectivity index (χ3n) is 3.84. The zero-order valence-corrected chi connectivity index (χ0v) is 12.3. The SMILES string of the molecule is CCCc1c(N)ncnc1N(C)CC1CCN(C)C1. The van der Waals surface area contributed by atoms with Crippen molar-refractivity contribution >= 4 is 11.6 Å². The third kappa shape index (κ3) is 3.35. The van der Waals surface area contributed by atoms with Crippen LogP contribution in [0.15, 0.2) is 6.33 Å². The quantitative estimate of drug-likeness (QED) is 0.870. The second kappa shape index (κ2) is 6.19. The summed E-state index contributed by atoms with van der Waals surface area (Å²) in [6.45, 7) is 5.57.